The zero-order chi connectivity index (χ0) is 11.8. The third-order valence-corrected chi connectivity index (χ3v) is 2.57. The molecule has 3 nitrogen and oxygen atoms in total. The van der Waals surface area contributed by atoms with Gasteiger partial charge in [0, 0.05) is 26.2 Å². The van der Waals surface area contributed by atoms with Gasteiger partial charge in [-0.2, -0.15) is 0 Å². The molecule has 3 heteroatoms. The van der Waals surface area contributed by atoms with Crippen LogP contribution in [0.3, 0.4) is 0 Å². The summed E-state index contributed by atoms with van der Waals surface area (Å²) in [5.41, 5.74) is 7.28. The molecule has 0 bridgehead atoms. The Labute approximate surface area is 98.2 Å². The highest BCUT2D eigenvalue weighted by molar-refractivity contribution is 5.14. The van der Waals surface area contributed by atoms with Gasteiger partial charge in [-0.1, -0.05) is 37.3 Å². The molecule has 0 saturated heterocycles. The van der Waals surface area contributed by atoms with Crippen LogP contribution in [0, 0.1) is 0 Å². The van der Waals surface area contributed by atoms with Crippen molar-refractivity contribution in [3.05, 3.63) is 35.9 Å². The number of rotatable bonds is 7. The zero-order valence-corrected chi connectivity index (χ0v) is 10.2. The number of hydrogen-bond acceptors (Lipinski definition) is 3. The van der Waals surface area contributed by atoms with E-state index in [1.807, 2.05) is 6.07 Å². The van der Waals surface area contributed by atoms with Crippen molar-refractivity contribution in [2.24, 2.45) is 5.73 Å². The maximum Gasteiger partial charge on any atom is 0.0626 e. The fourth-order valence-electron chi connectivity index (χ4n) is 1.75. The molecule has 0 aromatic heterocycles. The van der Waals surface area contributed by atoms with Crippen LogP contribution in [-0.2, 0) is 11.3 Å². The fourth-order valence-corrected chi connectivity index (χ4v) is 1.75. The normalized spacial score (nSPS) is 13.0. The molecular weight excluding hydrogens is 200 g/mol. The average molecular weight is 222 g/mol. The summed E-state index contributed by atoms with van der Waals surface area (Å²) in [6.45, 7) is 5.61. The van der Waals surface area contributed by atoms with Gasteiger partial charge >= 0.3 is 0 Å². The van der Waals surface area contributed by atoms with Gasteiger partial charge in [0.25, 0.3) is 0 Å². The van der Waals surface area contributed by atoms with Gasteiger partial charge in [0.1, 0.15) is 0 Å². The second kappa shape index (κ2) is 7.39. The lowest BCUT2D eigenvalue weighted by Crippen LogP contribution is -2.39. The highest BCUT2D eigenvalue weighted by atomic mass is 16.5. The summed E-state index contributed by atoms with van der Waals surface area (Å²) >= 11 is 0. The van der Waals surface area contributed by atoms with E-state index in [1.165, 1.54) is 5.56 Å². The quantitative estimate of drug-likeness (QED) is 0.759. The third kappa shape index (κ3) is 4.75. The molecule has 1 aromatic carbocycles. The molecule has 0 aliphatic heterocycles. The molecule has 0 saturated carbocycles. The van der Waals surface area contributed by atoms with Crippen molar-refractivity contribution < 1.29 is 4.74 Å². The van der Waals surface area contributed by atoms with Crippen molar-refractivity contribution in [2.75, 3.05) is 26.8 Å². The maximum atomic E-state index is 5.95. The van der Waals surface area contributed by atoms with Crippen LogP contribution < -0.4 is 5.73 Å². The van der Waals surface area contributed by atoms with Crippen LogP contribution in [-0.4, -0.2) is 37.7 Å². The average Bonchev–Trinajstić information content (AvgIpc) is 2.30. The second-order valence-corrected chi connectivity index (χ2v) is 4.03. The molecule has 90 valence electrons. The highest BCUT2D eigenvalue weighted by Gasteiger charge is 2.09. The third-order valence-electron chi connectivity index (χ3n) is 2.57. The van der Waals surface area contributed by atoms with Crippen LogP contribution in [0.25, 0.3) is 0 Å². The van der Waals surface area contributed by atoms with Crippen molar-refractivity contribution in [2.45, 2.75) is 19.5 Å². The summed E-state index contributed by atoms with van der Waals surface area (Å²) in [5, 5.41) is 0. The summed E-state index contributed by atoms with van der Waals surface area (Å²) in [6.07, 6.45) is 0. The lowest BCUT2D eigenvalue weighted by molar-refractivity contribution is 0.153. The van der Waals surface area contributed by atoms with E-state index < -0.39 is 0 Å². The van der Waals surface area contributed by atoms with Crippen molar-refractivity contribution in [1.82, 2.24) is 4.90 Å². The number of benzene rings is 1. The Hall–Kier alpha value is -0.900. The predicted molar refractivity (Wildman–Crippen MR) is 67.2 cm³/mol. The van der Waals surface area contributed by atoms with E-state index in [0.717, 1.165) is 19.6 Å². The van der Waals surface area contributed by atoms with E-state index >= 15 is 0 Å². The Bertz CT molecular complexity index is 277. The van der Waals surface area contributed by atoms with Gasteiger partial charge in [-0.05, 0) is 12.1 Å². The smallest absolute Gasteiger partial charge is 0.0626 e. The first kappa shape index (κ1) is 13.2. The van der Waals surface area contributed by atoms with E-state index in [1.54, 1.807) is 7.11 Å². The first-order valence-corrected chi connectivity index (χ1v) is 5.77. The van der Waals surface area contributed by atoms with Gasteiger partial charge < -0.3 is 10.5 Å². The summed E-state index contributed by atoms with van der Waals surface area (Å²) in [7, 11) is 1.69. The molecule has 0 heterocycles. The van der Waals surface area contributed by atoms with E-state index in [2.05, 4.69) is 36.1 Å². The van der Waals surface area contributed by atoms with E-state index in [-0.39, 0.29) is 6.04 Å². The van der Waals surface area contributed by atoms with Crippen LogP contribution >= 0.6 is 0 Å². The Morgan fingerprint density at radius 3 is 2.56 bits per heavy atom. The van der Waals surface area contributed by atoms with Crippen LogP contribution in [0.2, 0.25) is 0 Å². The van der Waals surface area contributed by atoms with E-state index in [9.17, 15) is 0 Å². The maximum absolute atomic E-state index is 5.95. The predicted octanol–water partition coefficient (Wildman–Crippen LogP) is 1.48. The summed E-state index contributed by atoms with van der Waals surface area (Å²) < 4.78 is 5.05. The molecule has 2 N–H and O–H groups in total. The Kier molecular flexibility index (Phi) is 6.08. The molecule has 16 heavy (non-hydrogen) atoms. The minimum atomic E-state index is 0.0914. The van der Waals surface area contributed by atoms with E-state index in [0.29, 0.717) is 6.61 Å². The summed E-state index contributed by atoms with van der Waals surface area (Å²) in [6, 6.07) is 10.6. The minimum absolute atomic E-state index is 0.0914. The van der Waals surface area contributed by atoms with Gasteiger partial charge in [-0.25, -0.2) is 0 Å². The van der Waals surface area contributed by atoms with Gasteiger partial charge in [0.05, 0.1) is 6.61 Å². The molecule has 0 amide bonds. The summed E-state index contributed by atoms with van der Waals surface area (Å²) in [4.78, 5) is 2.33. The van der Waals surface area contributed by atoms with Crippen LogP contribution in [0.4, 0.5) is 0 Å². The SMILES string of the molecule is CCN(Cc1ccccc1)CC(N)COC. The molecule has 1 aromatic rings. The van der Waals surface area contributed by atoms with Gasteiger partial charge in [0.15, 0.2) is 0 Å². The molecule has 0 aliphatic carbocycles. The lowest BCUT2D eigenvalue weighted by Gasteiger charge is -2.23. The van der Waals surface area contributed by atoms with Gasteiger partial charge in [-0.15, -0.1) is 0 Å². The molecule has 0 fully saturated rings. The van der Waals surface area contributed by atoms with E-state index in [4.69, 9.17) is 10.5 Å². The summed E-state index contributed by atoms with van der Waals surface area (Å²) in [5.74, 6) is 0. The van der Waals surface area contributed by atoms with Crippen molar-refractivity contribution in [1.29, 1.82) is 0 Å². The van der Waals surface area contributed by atoms with Crippen molar-refractivity contribution in [3.63, 3.8) is 0 Å². The molecule has 0 spiro atoms. The second-order valence-electron chi connectivity index (χ2n) is 4.03. The highest BCUT2D eigenvalue weighted by Crippen LogP contribution is 2.04. The lowest BCUT2D eigenvalue weighted by atomic mass is 10.2. The first-order valence-electron chi connectivity index (χ1n) is 5.77. The number of nitrogens with zero attached hydrogens (tertiary/aromatic N) is 1. The van der Waals surface area contributed by atoms with Crippen molar-refractivity contribution in [3.8, 4) is 0 Å². The number of hydrogen-bond donors (Lipinski definition) is 1. The van der Waals surface area contributed by atoms with Crippen molar-refractivity contribution >= 4 is 0 Å². The van der Waals surface area contributed by atoms with Crippen LogP contribution in [0.1, 0.15) is 12.5 Å². The Balaban J connectivity index is 2.43. The Morgan fingerprint density at radius 2 is 2.00 bits per heavy atom. The molecular formula is C13H22N2O. The minimum Gasteiger partial charge on any atom is -0.383 e. The zero-order valence-electron chi connectivity index (χ0n) is 10.2. The molecule has 0 radical (unpaired) electrons. The molecule has 0 aliphatic rings. The number of nitrogens with two attached hydrogens (primary N) is 1. The molecule has 1 unspecified atom stereocenters. The number of likely N-dealkylation sites (N-methyl/N-ethyl adjacent to an activating group) is 1. The van der Waals surface area contributed by atoms with Gasteiger partial charge in [0.2, 0.25) is 0 Å². The molecule has 1 atom stereocenters. The largest absolute Gasteiger partial charge is 0.383 e. The fraction of sp³-hybridized carbons (Fsp3) is 0.538. The first-order chi connectivity index (χ1) is 7.76. The van der Waals surface area contributed by atoms with Crippen LogP contribution in [0.5, 0.6) is 0 Å². The van der Waals surface area contributed by atoms with Crippen LogP contribution in [0.15, 0.2) is 30.3 Å². The monoisotopic (exact) mass is 222 g/mol. The number of methoxy groups -OCH3 is 1. The topological polar surface area (TPSA) is 38.5 Å². The van der Waals surface area contributed by atoms with Gasteiger partial charge in [-0.3, -0.25) is 4.90 Å². The standard InChI is InChI=1S/C13H22N2O/c1-3-15(10-13(14)11-16-2)9-12-7-5-4-6-8-12/h4-8,13H,3,9-11,14H2,1-2H3. The number of ether oxygens (including phenoxy) is 1. The molecule has 1 rings (SSSR count). The Morgan fingerprint density at radius 1 is 1.31 bits per heavy atom.